The molecular weight excluding hydrogens is 248 g/mol. The maximum atomic E-state index is 12.1. The van der Waals surface area contributed by atoms with E-state index in [4.69, 9.17) is 0 Å². The Morgan fingerprint density at radius 1 is 1.05 bits per heavy atom. The number of rotatable bonds is 5. The lowest BCUT2D eigenvalue weighted by molar-refractivity contribution is -0.116. The van der Waals surface area contributed by atoms with Crippen molar-refractivity contribution in [2.24, 2.45) is 0 Å². The summed E-state index contributed by atoms with van der Waals surface area (Å²) in [4.78, 5) is 12.1. The molecule has 0 aromatic heterocycles. The van der Waals surface area contributed by atoms with Gasteiger partial charge < -0.3 is 10.6 Å². The fourth-order valence-corrected chi connectivity index (χ4v) is 2.04. The number of amides is 1. The normalized spacial score (nSPS) is 11.7. The molecule has 1 atom stereocenters. The summed E-state index contributed by atoms with van der Waals surface area (Å²) in [6.45, 7) is 3.97. The lowest BCUT2D eigenvalue weighted by Crippen LogP contribution is -2.32. The molecule has 0 aliphatic carbocycles. The molecule has 20 heavy (non-hydrogen) atoms. The number of para-hydroxylation sites is 2. The molecule has 0 fully saturated rings. The monoisotopic (exact) mass is 268 g/mol. The minimum Gasteiger partial charge on any atom is -0.374 e. The van der Waals surface area contributed by atoms with Crippen molar-refractivity contribution in [1.29, 1.82) is 0 Å². The van der Waals surface area contributed by atoms with Crippen LogP contribution in [-0.2, 0) is 11.2 Å². The van der Waals surface area contributed by atoms with Gasteiger partial charge in [-0.1, -0.05) is 43.3 Å². The second-order valence-corrected chi connectivity index (χ2v) is 4.73. The molecule has 0 radical (unpaired) electrons. The molecule has 0 spiro atoms. The zero-order valence-corrected chi connectivity index (χ0v) is 11.9. The summed E-state index contributed by atoms with van der Waals surface area (Å²) in [6.07, 6.45) is 0.941. The molecule has 2 N–H and O–H groups in total. The van der Waals surface area contributed by atoms with Crippen LogP contribution in [0.2, 0.25) is 0 Å². The fourth-order valence-electron chi connectivity index (χ4n) is 2.04. The molecule has 0 aliphatic rings. The molecule has 0 saturated carbocycles. The second kappa shape index (κ2) is 6.75. The fraction of sp³-hybridized carbons (Fsp3) is 0.235. The molecule has 3 nitrogen and oxygen atoms in total. The standard InChI is InChI=1S/C17H20N2O/c1-3-14-9-7-8-12-16(14)18-13(2)17(20)19-15-10-5-4-6-11-15/h4-13,18H,3H2,1-2H3,(H,19,20). The lowest BCUT2D eigenvalue weighted by atomic mass is 10.1. The molecule has 0 bridgehead atoms. The van der Waals surface area contributed by atoms with Crippen molar-refractivity contribution in [2.45, 2.75) is 26.3 Å². The highest BCUT2D eigenvalue weighted by atomic mass is 16.2. The maximum absolute atomic E-state index is 12.1. The van der Waals surface area contributed by atoms with E-state index in [0.717, 1.165) is 17.8 Å². The van der Waals surface area contributed by atoms with Crippen LogP contribution in [0.4, 0.5) is 11.4 Å². The van der Waals surface area contributed by atoms with E-state index in [1.165, 1.54) is 5.56 Å². The molecule has 2 aromatic carbocycles. The average molecular weight is 268 g/mol. The Morgan fingerprint density at radius 3 is 2.40 bits per heavy atom. The number of nitrogens with one attached hydrogen (secondary N) is 2. The van der Waals surface area contributed by atoms with Crippen LogP contribution in [0, 0.1) is 0 Å². The van der Waals surface area contributed by atoms with Gasteiger partial charge in [0.25, 0.3) is 0 Å². The summed E-state index contributed by atoms with van der Waals surface area (Å²) in [5.74, 6) is -0.0397. The van der Waals surface area contributed by atoms with Crippen molar-refractivity contribution in [2.75, 3.05) is 10.6 Å². The molecule has 0 saturated heterocycles. The van der Waals surface area contributed by atoms with E-state index in [1.54, 1.807) is 0 Å². The molecule has 0 aliphatic heterocycles. The summed E-state index contributed by atoms with van der Waals surface area (Å²) in [5.41, 5.74) is 3.05. The summed E-state index contributed by atoms with van der Waals surface area (Å²) in [5, 5.41) is 6.17. The minimum absolute atomic E-state index is 0.0397. The van der Waals surface area contributed by atoms with Crippen molar-refractivity contribution in [3.63, 3.8) is 0 Å². The van der Waals surface area contributed by atoms with Crippen LogP contribution in [0.1, 0.15) is 19.4 Å². The zero-order valence-electron chi connectivity index (χ0n) is 11.9. The van der Waals surface area contributed by atoms with Gasteiger partial charge in [0.1, 0.15) is 6.04 Å². The van der Waals surface area contributed by atoms with Crippen molar-refractivity contribution in [3.05, 3.63) is 60.2 Å². The van der Waals surface area contributed by atoms with Gasteiger partial charge in [0.15, 0.2) is 0 Å². The first-order chi connectivity index (χ1) is 9.70. The molecular formula is C17H20N2O. The third kappa shape index (κ3) is 3.60. The molecule has 2 aromatic rings. The van der Waals surface area contributed by atoms with E-state index in [2.05, 4.69) is 23.6 Å². The van der Waals surface area contributed by atoms with Gasteiger partial charge in [0.2, 0.25) is 5.91 Å². The first-order valence-electron chi connectivity index (χ1n) is 6.91. The van der Waals surface area contributed by atoms with Gasteiger partial charge in [0, 0.05) is 11.4 Å². The van der Waals surface area contributed by atoms with Gasteiger partial charge in [-0.05, 0) is 37.1 Å². The number of carbonyl (C=O) groups is 1. The molecule has 1 unspecified atom stereocenters. The first kappa shape index (κ1) is 14.1. The minimum atomic E-state index is -0.289. The van der Waals surface area contributed by atoms with Gasteiger partial charge in [-0.25, -0.2) is 0 Å². The first-order valence-corrected chi connectivity index (χ1v) is 6.91. The Labute approximate surface area is 120 Å². The molecule has 3 heteroatoms. The number of carbonyl (C=O) groups excluding carboxylic acids is 1. The summed E-state index contributed by atoms with van der Waals surface area (Å²) < 4.78 is 0. The third-order valence-electron chi connectivity index (χ3n) is 3.20. The predicted octanol–water partition coefficient (Wildman–Crippen LogP) is 3.69. The topological polar surface area (TPSA) is 41.1 Å². The maximum Gasteiger partial charge on any atom is 0.246 e. The van der Waals surface area contributed by atoms with Gasteiger partial charge >= 0.3 is 0 Å². The van der Waals surface area contributed by atoms with Crippen LogP contribution in [0.5, 0.6) is 0 Å². The number of hydrogen-bond donors (Lipinski definition) is 2. The van der Waals surface area contributed by atoms with Gasteiger partial charge in [0.05, 0.1) is 0 Å². The van der Waals surface area contributed by atoms with E-state index >= 15 is 0 Å². The van der Waals surface area contributed by atoms with Crippen LogP contribution in [0.25, 0.3) is 0 Å². The van der Waals surface area contributed by atoms with Crippen LogP contribution in [0.3, 0.4) is 0 Å². The lowest BCUT2D eigenvalue weighted by Gasteiger charge is -2.17. The van der Waals surface area contributed by atoms with Gasteiger partial charge in [-0.15, -0.1) is 0 Å². The van der Waals surface area contributed by atoms with Gasteiger partial charge in [-0.2, -0.15) is 0 Å². The number of aryl methyl sites for hydroxylation is 1. The van der Waals surface area contributed by atoms with Crippen molar-refractivity contribution < 1.29 is 4.79 Å². The van der Waals surface area contributed by atoms with Crippen molar-refractivity contribution in [1.82, 2.24) is 0 Å². The second-order valence-electron chi connectivity index (χ2n) is 4.73. The largest absolute Gasteiger partial charge is 0.374 e. The summed E-state index contributed by atoms with van der Waals surface area (Å²) in [7, 11) is 0. The average Bonchev–Trinajstić information content (AvgIpc) is 2.48. The Kier molecular flexibility index (Phi) is 4.77. The predicted molar refractivity (Wildman–Crippen MR) is 84.0 cm³/mol. The Hall–Kier alpha value is -2.29. The zero-order chi connectivity index (χ0) is 14.4. The quantitative estimate of drug-likeness (QED) is 0.868. The number of hydrogen-bond acceptors (Lipinski definition) is 2. The SMILES string of the molecule is CCc1ccccc1NC(C)C(=O)Nc1ccccc1. The summed E-state index contributed by atoms with van der Waals surface area (Å²) >= 11 is 0. The molecule has 104 valence electrons. The third-order valence-corrected chi connectivity index (χ3v) is 3.20. The molecule has 0 heterocycles. The van der Waals surface area contributed by atoms with Crippen LogP contribution in [0.15, 0.2) is 54.6 Å². The van der Waals surface area contributed by atoms with E-state index in [1.807, 2.05) is 55.5 Å². The number of benzene rings is 2. The van der Waals surface area contributed by atoms with Gasteiger partial charge in [-0.3, -0.25) is 4.79 Å². The molecule has 2 rings (SSSR count). The van der Waals surface area contributed by atoms with Crippen molar-refractivity contribution >= 4 is 17.3 Å². The highest BCUT2D eigenvalue weighted by molar-refractivity contribution is 5.96. The Bertz CT molecular complexity index is 566. The Morgan fingerprint density at radius 2 is 1.70 bits per heavy atom. The van der Waals surface area contributed by atoms with E-state index in [-0.39, 0.29) is 11.9 Å². The van der Waals surface area contributed by atoms with Crippen molar-refractivity contribution in [3.8, 4) is 0 Å². The van der Waals surface area contributed by atoms with Crippen LogP contribution >= 0.6 is 0 Å². The van der Waals surface area contributed by atoms with Crippen LogP contribution < -0.4 is 10.6 Å². The smallest absolute Gasteiger partial charge is 0.246 e. The highest BCUT2D eigenvalue weighted by Gasteiger charge is 2.13. The Balaban J connectivity index is 2.01. The van der Waals surface area contributed by atoms with E-state index in [0.29, 0.717) is 0 Å². The summed E-state index contributed by atoms with van der Waals surface area (Å²) in [6, 6.07) is 17.3. The van der Waals surface area contributed by atoms with E-state index < -0.39 is 0 Å². The van der Waals surface area contributed by atoms with E-state index in [9.17, 15) is 4.79 Å². The van der Waals surface area contributed by atoms with Crippen LogP contribution in [-0.4, -0.2) is 11.9 Å². The molecule has 1 amide bonds. The highest BCUT2D eigenvalue weighted by Crippen LogP contribution is 2.17. The number of anilines is 2.